The fourth-order valence-corrected chi connectivity index (χ4v) is 1.73. The standard InChI is InChI=1S/C16H20O3/c1-16(2,3)8-9-18-11-13(17)15-10-12-6-4-5-7-14(12)19-15/h4-7,10H,8-9,11H2,1-3H3. The van der Waals surface area contributed by atoms with Crippen LogP contribution in [0.25, 0.3) is 11.0 Å². The van der Waals surface area contributed by atoms with Gasteiger partial charge in [-0.1, -0.05) is 39.0 Å². The highest BCUT2D eigenvalue weighted by Gasteiger charge is 2.14. The van der Waals surface area contributed by atoms with Gasteiger partial charge in [-0.15, -0.1) is 0 Å². The summed E-state index contributed by atoms with van der Waals surface area (Å²) in [4.78, 5) is 11.9. The molecule has 1 aromatic carbocycles. The molecular weight excluding hydrogens is 240 g/mol. The Labute approximate surface area is 113 Å². The van der Waals surface area contributed by atoms with Crippen LogP contribution in [0.1, 0.15) is 37.7 Å². The highest BCUT2D eigenvalue weighted by atomic mass is 16.5. The number of furan rings is 1. The average Bonchev–Trinajstić information content (AvgIpc) is 2.77. The molecule has 3 heteroatoms. The molecule has 19 heavy (non-hydrogen) atoms. The number of fused-ring (bicyclic) bond motifs is 1. The monoisotopic (exact) mass is 260 g/mol. The normalized spacial score (nSPS) is 11.9. The summed E-state index contributed by atoms with van der Waals surface area (Å²) in [6.07, 6.45) is 0.931. The van der Waals surface area contributed by atoms with Crippen molar-refractivity contribution in [3.05, 3.63) is 36.1 Å². The molecule has 0 amide bonds. The molecule has 0 atom stereocenters. The third-order valence-corrected chi connectivity index (χ3v) is 2.93. The summed E-state index contributed by atoms with van der Waals surface area (Å²) in [6, 6.07) is 9.36. The molecule has 0 radical (unpaired) electrons. The summed E-state index contributed by atoms with van der Waals surface area (Å²) in [5, 5.41) is 0.945. The van der Waals surface area contributed by atoms with Crippen molar-refractivity contribution < 1.29 is 13.9 Å². The fourth-order valence-electron chi connectivity index (χ4n) is 1.73. The van der Waals surface area contributed by atoms with E-state index in [2.05, 4.69) is 20.8 Å². The van der Waals surface area contributed by atoms with Crippen LogP contribution in [0.3, 0.4) is 0 Å². The molecule has 102 valence electrons. The lowest BCUT2D eigenvalue weighted by atomic mass is 9.93. The van der Waals surface area contributed by atoms with E-state index in [-0.39, 0.29) is 17.8 Å². The molecule has 1 aromatic heterocycles. The van der Waals surface area contributed by atoms with Crippen molar-refractivity contribution in [3.8, 4) is 0 Å². The Morgan fingerprint density at radius 3 is 2.68 bits per heavy atom. The molecule has 0 saturated heterocycles. The van der Waals surface area contributed by atoms with Gasteiger partial charge >= 0.3 is 0 Å². The lowest BCUT2D eigenvalue weighted by Crippen LogP contribution is -2.13. The molecule has 0 bridgehead atoms. The highest BCUT2D eigenvalue weighted by molar-refractivity contribution is 5.98. The van der Waals surface area contributed by atoms with Gasteiger partial charge in [0.15, 0.2) is 5.76 Å². The highest BCUT2D eigenvalue weighted by Crippen LogP contribution is 2.20. The molecule has 0 fully saturated rings. The number of para-hydroxylation sites is 1. The lowest BCUT2D eigenvalue weighted by molar-refractivity contribution is 0.0682. The summed E-state index contributed by atoms with van der Waals surface area (Å²) in [6.45, 7) is 7.12. The first-order valence-electron chi connectivity index (χ1n) is 6.55. The second kappa shape index (κ2) is 5.57. The Hall–Kier alpha value is -1.61. The van der Waals surface area contributed by atoms with E-state index in [1.807, 2.05) is 24.3 Å². The molecule has 1 heterocycles. The number of benzene rings is 1. The van der Waals surface area contributed by atoms with Crippen molar-refractivity contribution in [2.75, 3.05) is 13.2 Å². The average molecular weight is 260 g/mol. The number of Topliss-reactive ketones (excluding diaryl/α,β-unsaturated/α-hetero) is 1. The van der Waals surface area contributed by atoms with E-state index in [0.29, 0.717) is 12.4 Å². The van der Waals surface area contributed by atoms with Crippen LogP contribution in [0.5, 0.6) is 0 Å². The zero-order valence-electron chi connectivity index (χ0n) is 11.7. The number of rotatable bonds is 5. The first kappa shape index (κ1) is 13.8. The van der Waals surface area contributed by atoms with E-state index in [0.717, 1.165) is 17.4 Å². The second-order valence-corrected chi connectivity index (χ2v) is 5.93. The maximum absolute atomic E-state index is 11.9. The predicted octanol–water partition coefficient (Wildman–Crippen LogP) is 4.07. The minimum absolute atomic E-state index is 0.0793. The zero-order valence-corrected chi connectivity index (χ0v) is 11.7. The van der Waals surface area contributed by atoms with Crippen molar-refractivity contribution in [1.82, 2.24) is 0 Å². The lowest BCUT2D eigenvalue weighted by Gasteiger charge is -2.17. The topological polar surface area (TPSA) is 39.4 Å². The van der Waals surface area contributed by atoms with Gasteiger partial charge in [0, 0.05) is 12.0 Å². The molecule has 0 unspecified atom stereocenters. The summed E-state index contributed by atoms with van der Waals surface area (Å²) in [5.74, 6) is 0.266. The van der Waals surface area contributed by atoms with Crippen LogP contribution in [-0.4, -0.2) is 19.0 Å². The Balaban J connectivity index is 1.89. The molecular formula is C16H20O3. The van der Waals surface area contributed by atoms with Gasteiger partial charge in [-0.05, 0) is 24.0 Å². The summed E-state index contributed by atoms with van der Waals surface area (Å²) in [7, 11) is 0. The van der Waals surface area contributed by atoms with Crippen molar-refractivity contribution in [2.45, 2.75) is 27.2 Å². The van der Waals surface area contributed by atoms with Crippen LogP contribution in [0.2, 0.25) is 0 Å². The maximum Gasteiger partial charge on any atom is 0.223 e. The minimum Gasteiger partial charge on any atom is -0.453 e. The first-order chi connectivity index (χ1) is 8.96. The number of carbonyl (C=O) groups is 1. The van der Waals surface area contributed by atoms with E-state index in [9.17, 15) is 4.79 Å². The molecule has 0 aliphatic rings. The summed E-state index contributed by atoms with van der Waals surface area (Å²) < 4.78 is 10.9. The molecule has 0 N–H and O–H groups in total. The van der Waals surface area contributed by atoms with Crippen LogP contribution in [0.4, 0.5) is 0 Å². The van der Waals surface area contributed by atoms with Crippen LogP contribution in [-0.2, 0) is 4.74 Å². The Morgan fingerprint density at radius 1 is 1.26 bits per heavy atom. The minimum atomic E-state index is -0.106. The number of hydrogen-bond acceptors (Lipinski definition) is 3. The molecule has 0 aliphatic heterocycles. The van der Waals surface area contributed by atoms with Crippen LogP contribution < -0.4 is 0 Å². The van der Waals surface area contributed by atoms with E-state index >= 15 is 0 Å². The van der Waals surface area contributed by atoms with Gasteiger partial charge in [0.1, 0.15) is 12.2 Å². The summed E-state index contributed by atoms with van der Waals surface area (Å²) in [5.41, 5.74) is 0.961. The van der Waals surface area contributed by atoms with E-state index in [1.165, 1.54) is 0 Å². The van der Waals surface area contributed by atoms with Gasteiger partial charge in [0.25, 0.3) is 0 Å². The van der Waals surface area contributed by atoms with Gasteiger partial charge in [-0.25, -0.2) is 0 Å². The quantitative estimate of drug-likeness (QED) is 0.601. The predicted molar refractivity (Wildman–Crippen MR) is 75.4 cm³/mol. The van der Waals surface area contributed by atoms with Gasteiger partial charge in [-0.3, -0.25) is 4.79 Å². The fraction of sp³-hybridized carbons (Fsp3) is 0.438. The van der Waals surface area contributed by atoms with Crippen LogP contribution in [0, 0.1) is 5.41 Å². The molecule has 0 saturated carbocycles. The molecule has 0 spiro atoms. The third kappa shape index (κ3) is 3.93. The Kier molecular flexibility index (Phi) is 4.05. The molecule has 3 nitrogen and oxygen atoms in total. The largest absolute Gasteiger partial charge is 0.453 e. The van der Waals surface area contributed by atoms with Gasteiger partial charge in [0.05, 0.1) is 0 Å². The van der Waals surface area contributed by atoms with Gasteiger partial charge < -0.3 is 9.15 Å². The SMILES string of the molecule is CC(C)(C)CCOCC(=O)c1cc2ccccc2o1. The second-order valence-electron chi connectivity index (χ2n) is 5.93. The number of hydrogen-bond donors (Lipinski definition) is 0. The maximum atomic E-state index is 11.9. The van der Waals surface area contributed by atoms with Crippen molar-refractivity contribution in [3.63, 3.8) is 0 Å². The molecule has 0 aliphatic carbocycles. The number of ketones is 1. The Morgan fingerprint density at radius 2 is 2.00 bits per heavy atom. The zero-order chi connectivity index (χ0) is 13.9. The van der Waals surface area contributed by atoms with Gasteiger partial charge in [-0.2, -0.15) is 0 Å². The third-order valence-electron chi connectivity index (χ3n) is 2.93. The van der Waals surface area contributed by atoms with Crippen molar-refractivity contribution >= 4 is 16.8 Å². The van der Waals surface area contributed by atoms with E-state index in [4.69, 9.17) is 9.15 Å². The smallest absolute Gasteiger partial charge is 0.223 e. The molecule has 2 rings (SSSR count). The van der Waals surface area contributed by atoms with E-state index in [1.54, 1.807) is 6.07 Å². The first-order valence-corrected chi connectivity index (χ1v) is 6.55. The van der Waals surface area contributed by atoms with E-state index < -0.39 is 0 Å². The van der Waals surface area contributed by atoms with Crippen molar-refractivity contribution in [1.29, 1.82) is 0 Å². The van der Waals surface area contributed by atoms with Crippen LogP contribution >= 0.6 is 0 Å². The van der Waals surface area contributed by atoms with Crippen LogP contribution in [0.15, 0.2) is 34.7 Å². The Bertz CT molecular complexity index is 528. The van der Waals surface area contributed by atoms with Gasteiger partial charge in [0.2, 0.25) is 5.78 Å². The number of carbonyl (C=O) groups excluding carboxylic acids is 1. The van der Waals surface area contributed by atoms with Crippen molar-refractivity contribution in [2.24, 2.45) is 5.41 Å². The summed E-state index contributed by atoms with van der Waals surface area (Å²) >= 11 is 0. The molecule has 2 aromatic rings. The number of ether oxygens (including phenoxy) is 1.